The molecule has 0 fully saturated rings. The number of ether oxygens (including phenoxy) is 4. The van der Waals surface area contributed by atoms with Gasteiger partial charge in [0.1, 0.15) is 18.0 Å². The standard InChI is InChI=1S/C20H26N2O7S/c1-26-15-7-8-16(18(11-15)28-3)22(30(5,24)25)13-20(23)21-12-14-6-9-17(27-2)19(10-14)29-4/h6-11H,12-13H2,1-5H3,(H,21,23). The number of carbonyl (C=O) groups excluding carboxylic acids is 1. The summed E-state index contributed by atoms with van der Waals surface area (Å²) >= 11 is 0. The van der Waals surface area contributed by atoms with E-state index in [1.165, 1.54) is 34.5 Å². The zero-order valence-electron chi connectivity index (χ0n) is 17.6. The van der Waals surface area contributed by atoms with E-state index in [-0.39, 0.29) is 18.0 Å². The fraction of sp³-hybridized carbons (Fsp3) is 0.350. The monoisotopic (exact) mass is 438 g/mol. The van der Waals surface area contributed by atoms with Gasteiger partial charge in [-0.1, -0.05) is 6.07 Å². The van der Waals surface area contributed by atoms with Crippen LogP contribution in [0.25, 0.3) is 0 Å². The molecule has 2 rings (SSSR count). The first-order chi connectivity index (χ1) is 14.2. The number of carbonyl (C=O) groups is 1. The molecule has 0 heterocycles. The van der Waals surface area contributed by atoms with Gasteiger partial charge in [-0.05, 0) is 29.8 Å². The summed E-state index contributed by atoms with van der Waals surface area (Å²) in [5, 5.41) is 2.71. The molecule has 10 heteroatoms. The molecule has 2 aromatic rings. The Hall–Kier alpha value is -3.14. The van der Waals surface area contributed by atoms with E-state index in [4.69, 9.17) is 18.9 Å². The molecule has 30 heavy (non-hydrogen) atoms. The van der Waals surface area contributed by atoms with Crippen LogP contribution >= 0.6 is 0 Å². The Labute approximate surface area is 176 Å². The second-order valence-electron chi connectivity index (χ2n) is 6.27. The molecule has 0 bridgehead atoms. The average molecular weight is 439 g/mol. The van der Waals surface area contributed by atoms with E-state index in [0.29, 0.717) is 17.2 Å². The first kappa shape index (κ1) is 23.1. The summed E-state index contributed by atoms with van der Waals surface area (Å²) in [4.78, 5) is 12.5. The summed E-state index contributed by atoms with van der Waals surface area (Å²) in [5.41, 5.74) is 1.01. The van der Waals surface area contributed by atoms with Gasteiger partial charge in [0.25, 0.3) is 0 Å². The molecule has 0 saturated heterocycles. The Morgan fingerprint density at radius 1 is 0.900 bits per heavy atom. The maximum Gasteiger partial charge on any atom is 0.241 e. The van der Waals surface area contributed by atoms with E-state index < -0.39 is 22.5 Å². The highest BCUT2D eigenvalue weighted by molar-refractivity contribution is 7.92. The van der Waals surface area contributed by atoms with Crippen molar-refractivity contribution in [3.8, 4) is 23.0 Å². The predicted octanol–water partition coefficient (Wildman–Crippen LogP) is 1.80. The molecule has 1 N–H and O–H groups in total. The van der Waals surface area contributed by atoms with Gasteiger partial charge in [0.2, 0.25) is 15.9 Å². The number of nitrogens with zero attached hydrogens (tertiary/aromatic N) is 1. The van der Waals surface area contributed by atoms with Crippen molar-refractivity contribution in [1.82, 2.24) is 5.32 Å². The Morgan fingerprint density at radius 3 is 2.13 bits per heavy atom. The first-order valence-corrected chi connectivity index (χ1v) is 10.8. The molecule has 0 spiro atoms. The highest BCUT2D eigenvalue weighted by Crippen LogP contribution is 2.33. The van der Waals surface area contributed by atoms with Gasteiger partial charge >= 0.3 is 0 Å². The van der Waals surface area contributed by atoms with Crippen molar-refractivity contribution in [2.75, 3.05) is 45.5 Å². The molecule has 2 aromatic carbocycles. The number of hydrogen-bond acceptors (Lipinski definition) is 7. The highest BCUT2D eigenvalue weighted by Gasteiger charge is 2.24. The maximum atomic E-state index is 12.5. The first-order valence-electron chi connectivity index (χ1n) is 8.90. The van der Waals surface area contributed by atoms with Crippen molar-refractivity contribution in [3.63, 3.8) is 0 Å². The number of rotatable bonds is 10. The predicted molar refractivity (Wildman–Crippen MR) is 113 cm³/mol. The summed E-state index contributed by atoms with van der Waals surface area (Å²) in [7, 11) is 2.20. The number of anilines is 1. The molecular weight excluding hydrogens is 412 g/mol. The van der Waals surface area contributed by atoms with E-state index in [1.807, 2.05) is 0 Å². The average Bonchev–Trinajstić information content (AvgIpc) is 2.74. The lowest BCUT2D eigenvalue weighted by Crippen LogP contribution is -2.40. The SMILES string of the molecule is COc1ccc(N(CC(=O)NCc2ccc(OC)c(OC)c2)S(C)(=O)=O)c(OC)c1. The van der Waals surface area contributed by atoms with Crippen LogP contribution < -0.4 is 28.6 Å². The van der Waals surface area contributed by atoms with E-state index in [9.17, 15) is 13.2 Å². The van der Waals surface area contributed by atoms with Gasteiger partial charge in [-0.25, -0.2) is 8.42 Å². The fourth-order valence-electron chi connectivity index (χ4n) is 2.75. The number of nitrogens with one attached hydrogen (secondary N) is 1. The number of sulfonamides is 1. The zero-order valence-corrected chi connectivity index (χ0v) is 18.4. The minimum absolute atomic E-state index is 0.191. The molecule has 0 aliphatic heterocycles. The highest BCUT2D eigenvalue weighted by atomic mass is 32.2. The quantitative estimate of drug-likeness (QED) is 0.603. The number of hydrogen-bond donors (Lipinski definition) is 1. The van der Waals surface area contributed by atoms with Gasteiger partial charge in [0.15, 0.2) is 11.5 Å². The summed E-state index contributed by atoms with van der Waals surface area (Å²) in [6.07, 6.45) is 1.03. The second-order valence-corrected chi connectivity index (χ2v) is 8.18. The van der Waals surface area contributed by atoms with Crippen LogP contribution in [0.3, 0.4) is 0 Å². The molecule has 0 radical (unpaired) electrons. The van der Waals surface area contributed by atoms with E-state index in [0.717, 1.165) is 16.1 Å². The Kier molecular flexibility index (Phi) is 7.76. The van der Waals surface area contributed by atoms with Crippen molar-refractivity contribution in [2.45, 2.75) is 6.54 Å². The van der Waals surface area contributed by atoms with Gasteiger partial charge < -0.3 is 24.3 Å². The van der Waals surface area contributed by atoms with E-state index >= 15 is 0 Å². The number of methoxy groups -OCH3 is 4. The molecule has 0 aliphatic carbocycles. The fourth-order valence-corrected chi connectivity index (χ4v) is 3.61. The van der Waals surface area contributed by atoms with Crippen molar-refractivity contribution in [2.24, 2.45) is 0 Å². The van der Waals surface area contributed by atoms with Crippen LogP contribution in [0, 0.1) is 0 Å². The third-order valence-electron chi connectivity index (χ3n) is 4.28. The van der Waals surface area contributed by atoms with Crippen LogP contribution in [0.5, 0.6) is 23.0 Å². The normalized spacial score (nSPS) is 10.8. The summed E-state index contributed by atoms with van der Waals surface area (Å²) < 4.78 is 46.5. The molecule has 9 nitrogen and oxygen atoms in total. The van der Waals surface area contributed by atoms with Crippen molar-refractivity contribution < 1.29 is 32.2 Å². The van der Waals surface area contributed by atoms with Gasteiger partial charge in [-0.2, -0.15) is 0 Å². The van der Waals surface area contributed by atoms with E-state index in [2.05, 4.69) is 5.32 Å². The maximum absolute atomic E-state index is 12.5. The molecule has 0 atom stereocenters. The van der Waals surface area contributed by atoms with Crippen LogP contribution in [0.15, 0.2) is 36.4 Å². The third-order valence-corrected chi connectivity index (χ3v) is 5.41. The largest absolute Gasteiger partial charge is 0.497 e. The Balaban J connectivity index is 2.17. The van der Waals surface area contributed by atoms with Crippen LogP contribution in [-0.4, -0.2) is 55.6 Å². The molecule has 1 amide bonds. The number of benzene rings is 2. The minimum atomic E-state index is -3.75. The van der Waals surface area contributed by atoms with Crippen molar-refractivity contribution in [3.05, 3.63) is 42.0 Å². The summed E-state index contributed by atoms with van der Waals surface area (Å²) in [6, 6.07) is 9.92. The second kappa shape index (κ2) is 10.1. The summed E-state index contributed by atoms with van der Waals surface area (Å²) in [6.45, 7) is -0.217. The van der Waals surface area contributed by atoms with Crippen LogP contribution in [0.4, 0.5) is 5.69 Å². The van der Waals surface area contributed by atoms with E-state index in [1.54, 1.807) is 30.3 Å². The summed E-state index contributed by atoms with van der Waals surface area (Å²) in [5.74, 6) is 1.40. The number of amides is 1. The molecular formula is C20H26N2O7S. The minimum Gasteiger partial charge on any atom is -0.497 e. The topological polar surface area (TPSA) is 103 Å². The lowest BCUT2D eigenvalue weighted by atomic mass is 10.2. The lowest BCUT2D eigenvalue weighted by molar-refractivity contribution is -0.119. The lowest BCUT2D eigenvalue weighted by Gasteiger charge is -2.24. The van der Waals surface area contributed by atoms with Gasteiger partial charge in [-0.3, -0.25) is 9.10 Å². The van der Waals surface area contributed by atoms with Gasteiger partial charge in [0.05, 0.1) is 40.4 Å². The Morgan fingerprint density at radius 2 is 1.57 bits per heavy atom. The molecule has 0 saturated carbocycles. The van der Waals surface area contributed by atoms with Gasteiger partial charge in [0, 0.05) is 12.6 Å². The van der Waals surface area contributed by atoms with Crippen molar-refractivity contribution >= 4 is 21.6 Å². The third kappa shape index (κ3) is 5.69. The molecule has 0 aromatic heterocycles. The zero-order chi connectivity index (χ0) is 22.3. The van der Waals surface area contributed by atoms with Crippen molar-refractivity contribution in [1.29, 1.82) is 0 Å². The van der Waals surface area contributed by atoms with Crippen LogP contribution in [-0.2, 0) is 21.4 Å². The van der Waals surface area contributed by atoms with Crippen LogP contribution in [0.2, 0.25) is 0 Å². The van der Waals surface area contributed by atoms with Gasteiger partial charge in [-0.15, -0.1) is 0 Å². The van der Waals surface area contributed by atoms with Crippen LogP contribution in [0.1, 0.15) is 5.56 Å². The Bertz CT molecular complexity index is 993. The smallest absolute Gasteiger partial charge is 0.241 e. The molecule has 164 valence electrons. The molecule has 0 unspecified atom stereocenters. The molecule has 0 aliphatic rings.